The van der Waals surface area contributed by atoms with Crippen molar-refractivity contribution in [3.05, 3.63) is 65.0 Å². The first-order valence-electron chi connectivity index (χ1n) is 5.63. The average Bonchev–Trinajstić information content (AvgIpc) is 2.38. The molecule has 2 aromatic carbocycles. The maximum atomic E-state index is 13.7. The molecule has 104 valence electrons. The monoisotopic (exact) mass is 297 g/mol. The van der Waals surface area contributed by atoms with E-state index >= 15 is 0 Å². The standard InChI is InChI=1S/C14H10F3NOS/c15-10-3-1-9(11(16)6-10)7-19-13-4-2-8(14(18)20)5-12(13)17/h1-6H,7H2,(H2,18,20). The summed E-state index contributed by atoms with van der Waals surface area (Å²) in [6.45, 7) is -0.213. The van der Waals surface area contributed by atoms with E-state index < -0.39 is 17.5 Å². The van der Waals surface area contributed by atoms with E-state index in [1.165, 1.54) is 18.2 Å². The topological polar surface area (TPSA) is 35.2 Å². The Kier molecular flexibility index (Phi) is 4.24. The van der Waals surface area contributed by atoms with Crippen molar-refractivity contribution in [1.82, 2.24) is 0 Å². The number of ether oxygens (including phenoxy) is 1. The van der Waals surface area contributed by atoms with Crippen molar-refractivity contribution in [3.63, 3.8) is 0 Å². The minimum atomic E-state index is -0.745. The van der Waals surface area contributed by atoms with Crippen LogP contribution in [0, 0.1) is 17.5 Å². The number of halogens is 3. The molecule has 2 nitrogen and oxygen atoms in total. The Balaban J connectivity index is 2.13. The van der Waals surface area contributed by atoms with Crippen LogP contribution in [0.3, 0.4) is 0 Å². The van der Waals surface area contributed by atoms with Gasteiger partial charge in [0.25, 0.3) is 0 Å². The summed E-state index contributed by atoms with van der Waals surface area (Å²) in [6.07, 6.45) is 0. The van der Waals surface area contributed by atoms with E-state index in [9.17, 15) is 13.2 Å². The number of benzene rings is 2. The van der Waals surface area contributed by atoms with Crippen molar-refractivity contribution < 1.29 is 17.9 Å². The summed E-state index contributed by atoms with van der Waals surface area (Å²) in [5, 5.41) is 0. The van der Waals surface area contributed by atoms with Gasteiger partial charge < -0.3 is 10.5 Å². The van der Waals surface area contributed by atoms with Crippen LogP contribution in [0.2, 0.25) is 0 Å². The van der Waals surface area contributed by atoms with E-state index in [4.69, 9.17) is 22.7 Å². The van der Waals surface area contributed by atoms with Crippen LogP contribution in [0.4, 0.5) is 13.2 Å². The van der Waals surface area contributed by atoms with Gasteiger partial charge in [0, 0.05) is 17.2 Å². The molecule has 0 aromatic heterocycles. The summed E-state index contributed by atoms with van der Waals surface area (Å²) < 4.78 is 44.9. The van der Waals surface area contributed by atoms with Crippen molar-refractivity contribution in [1.29, 1.82) is 0 Å². The molecule has 2 aromatic rings. The third kappa shape index (κ3) is 3.27. The Labute approximate surface area is 119 Å². The fraction of sp³-hybridized carbons (Fsp3) is 0.0714. The predicted octanol–water partition coefficient (Wildman–Crippen LogP) is 3.32. The molecule has 0 aliphatic heterocycles. The molecular formula is C14H10F3NOS. The van der Waals surface area contributed by atoms with Gasteiger partial charge in [-0.15, -0.1) is 0 Å². The molecule has 0 aliphatic rings. The van der Waals surface area contributed by atoms with Crippen LogP contribution in [-0.4, -0.2) is 4.99 Å². The first-order chi connectivity index (χ1) is 9.47. The van der Waals surface area contributed by atoms with E-state index in [1.807, 2.05) is 0 Å². The maximum absolute atomic E-state index is 13.7. The third-order valence-corrected chi connectivity index (χ3v) is 2.85. The number of hydrogen-bond acceptors (Lipinski definition) is 2. The molecule has 6 heteroatoms. The number of hydrogen-bond donors (Lipinski definition) is 1. The van der Waals surface area contributed by atoms with Gasteiger partial charge in [0.15, 0.2) is 11.6 Å². The van der Waals surface area contributed by atoms with Crippen molar-refractivity contribution in [2.75, 3.05) is 0 Å². The summed E-state index contributed by atoms with van der Waals surface area (Å²) in [4.78, 5) is 0.0695. The van der Waals surface area contributed by atoms with Crippen LogP contribution in [0.5, 0.6) is 5.75 Å². The van der Waals surface area contributed by atoms with Gasteiger partial charge >= 0.3 is 0 Å². The first-order valence-corrected chi connectivity index (χ1v) is 6.04. The summed E-state index contributed by atoms with van der Waals surface area (Å²) in [7, 11) is 0. The van der Waals surface area contributed by atoms with Gasteiger partial charge in [0.05, 0.1) is 0 Å². The van der Waals surface area contributed by atoms with Crippen molar-refractivity contribution in [2.45, 2.75) is 6.61 Å². The lowest BCUT2D eigenvalue weighted by molar-refractivity contribution is 0.284. The van der Waals surface area contributed by atoms with Gasteiger partial charge in [0.2, 0.25) is 0 Å². The summed E-state index contributed by atoms with van der Waals surface area (Å²) >= 11 is 4.72. The fourth-order valence-electron chi connectivity index (χ4n) is 1.57. The molecule has 0 aliphatic carbocycles. The van der Waals surface area contributed by atoms with Gasteiger partial charge in [-0.3, -0.25) is 0 Å². The summed E-state index contributed by atoms with van der Waals surface area (Å²) in [6, 6.07) is 7.08. The zero-order chi connectivity index (χ0) is 14.7. The van der Waals surface area contributed by atoms with E-state index in [1.54, 1.807) is 0 Å². The van der Waals surface area contributed by atoms with Crippen molar-refractivity contribution >= 4 is 17.2 Å². The van der Waals surface area contributed by atoms with Gasteiger partial charge in [-0.05, 0) is 30.3 Å². The van der Waals surface area contributed by atoms with Crippen LogP contribution in [0.1, 0.15) is 11.1 Å². The fourth-order valence-corrected chi connectivity index (χ4v) is 1.69. The molecule has 2 rings (SSSR count). The SMILES string of the molecule is NC(=S)c1ccc(OCc2ccc(F)cc2F)c(F)c1. The Morgan fingerprint density at radius 2 is 1.80 bits per heavy atom. The zero-order valence-corrected chi connectivity index (χ0v) is 11.0. The second kappa shape index (κ2) is 5.92. The molecule has 0 bridgehead atoms. The molecule has 20 heavy (non-hydrogen) atoms. The predicted molar refractivity (Wildman–Crippen MR) is 73.0 cm³/mol. The Hall–Kier alpha value is -2.08. The zero-order valence-electron chi connectivity index (χ0n) is 10.2. The van der Waals surface area contributed by atoms with Crippen molar-refractivity contribution in [3.8, 4) is 5.75 Å². The highest BCUT2D eigenvalue weighted by molar-refractivity contribution is 7.80. The highest BCUT2D eigenvalue weighted by Crippen LogP contribution is 2.20. The average molecular weight is 297 g/mol. The smallest absolute Gasteiger partial charge is 0.165 e. The van der Waals surface area contributed by atoms with Gasteiger partial charge in [-0.2, -0.15) is 0 Å². The highest BCUT2D eigenvalue weighted by atomic mass is 32.1. The quantitative estimate of drug-likeness (QED) is 0.879. The molecule has 0 saturated heterocycles. The van der Waals surface area contributed by atoms with Crippen LogP contribution in [-0.2, 0) is 6.61 Å². The minimum absolute atomic E-state index is 0.0614. The van der Waals surface area contributed by atoms with Gasteiger partial charge in [-0.25, -0.2) is 13.2 Å². The first kappa shape index (κ1) is 14.3. The number of nitrogens with two attached hydrogens (primary N) is 1. The van der Waals surface area contributed by atoms with Gasteiger partial charge in [0.1, 0.15) is 23.2 Å². The van der Waals surface area contributed by atoms with E-state index in [0.29, 0.717) is 5.56 Å². The molecule has 0 fully saturated rings. The lowest BCUT2D eigenvalue weighted by Crippen LogP contribution is -2.10. The molecule has 0 atom stereocenters. The van der Waals surface area contributed by atoms with Crippen molar-refractivity contribution in [2.24, 2.45) is 5.73 Å². The van der Waals surface area contributed by atoms with Crippen LogP contribution in [0.25, 0.3) is 0 Å². The molecule has 0 spiro atoms. The summed E-state index contributed by atoms with van der Waals surface area (Å²) in [5.74, 6) is -2.14. The normalized spacial score (nSPS) is 10.3. The second-order valence-electron chi connectivity index (χ2n) is 4.03. The molecule has 0 unspecified atom stereocenters. The van der Waals surface area contributed by atoms with Crippen LogP contribution < -0.4 is 10.5 Å². The Morgan fingerprint density at radius 1 is 1.05 bits per heavy atom. The largest absolute Gasteiger partial charge is 0.486 e. The Morgan fingerprint density at radius 3 is 2.40 bits per heavy atom. The third-order valence-electron chi connectivity index (χ3n) is 2.61. The van der Waals surface area contributed by atoms with Crippen LogP contribution in [0.15, 0.2) is 36.4 Å². The molecule has 0 radical (unpaired) electrons. The van der Waals surface area contributed by atoms with E-state index in [0.717, 1.165) is 18.2 Å². The number of thiocarbonyl (C=S) groups is 1. The lowest BCUT2D eigenvalue weighted by Gasteiger charge is -2.09. The number of rotatable bonds is 4. The minimum Gasteiger partial charge on any atom is -0.486 e. The van der Waals surface area contributed by atoms with Crippen LogP contribution >= 0.6 is 12.2 Å². The Bertz CT molecular complexity index is 661. The lowest BCUT2D eigenvalue weighted by atomic mass is 10.2. The molecule has 0 saturated carbocycles. The summed E-state index contributed by atoms with van der Waals surface area (Å²) in [5.41, 5.74) is 5.87. The molecule has 2 N–H and O–H groups in total. The second-order valence-corrected chi connectivity index (χ2v) is 4.47. The molecular weight excluding hydrogens is 287 g/mol. The maximum Gasteiger partial charge on any atom is 0.165 e. The molecule has 0 amide bonds. The molecule has 0 heterocycles. The highest BCUT2D eigenvalue weighted by Gasteiger charge is 2.09. The van der Waals surface area contributed by atoms with E-state index in [-0.39, 0.29) is 22.9 Å². The van der Waals surface area contributed by atoms with Gasteiger partial charge in [-0.1, -0.05) is 12.2 Å². The van der Waals surface area contributed by atoms with E-state index in [2.05, 4.69) is 0 Å².